The third-order valence-electron chi connectivity index (χ3n) is 4.78. The van der Waals surface area contributed by atoms with Gasteiger partial charge in [0.1, 0.15) is 11.5 Å². The molecule has 0 spiro atoms. The highest BCUT2D eigenvalue weighted by Crippen LogP contribution is 2.20. The lowest BCUT2D eigenvalue weighted by atomic mass is 10.1. The monoisotopic (exact) mass is 347 g/mol. The summed E-state index contributed by atoms with van der Waals surface area (Å²) in [6, 6.07) is 15.9. The Kier molecular flexibility index (Phi) is 4.39. The van der Waals surface area contributed by atoms with Gasteiger partial charge in [-0.1, -0.05) is 30.3 Å². The molecule has 1 aliphatic heterocycles. The first-order chi connectivity index (χ1) is 12.7. The van der Waals surface area contributed by atoms with Crippen molar-refractivity contribution in [1.29, 1.82) is 0 Å². The summed E-state index contributed by atoms with van der Waals surface area (Å²) in [5, 5.41) is 8.04. The van der Waals surface area contributed by atoms with Crippen LogP contribution in [-0.4, -0.2) is 32.1 Å². The average molecular weight is 347 g/mol. The van der Waals surface area contributed by atoms with Crippen LogP contribution in [0.15, 0.2) is 54.7 Å². The number of anilines is 1. The van der Waals surface area contributed by atoms with Crippen LogP contribution in [-0.2, 0) is 25.9 Å². The van der Waals surface area contributed by atoms with E-state index in [2.05, 4.69) is 22.3 Å². The SMILES string of the molecule is Nc1cc2c(nn1)CCN(C(=O)c1cccn1CCc1ccccc1)C2. The molecule has 26 heavy (non-hydrogen) atoms. The molecule has 1 aliphatic rings. The Balaban J connectivity index is 1.48. The molecule has 0 saturated heterocycles. The van der Waals surface area contributed by atoms with Crippen molar-refractivity contribution in [2.45, 2.75) is 25.9 Å². The molecule has 0 unspecified atom stereocenters. The smallest absolute Gasteiger partial charge is 0.270 e. The number of nitrogens with zero attached hydrogens (tertiary/aromatic N) is 4. The number of aryl methyl sites for hydroxylation is 2. The molecule has 0 saturated carbocycles. The number of carbonyl (C=O) groups excluding carboxylic acids is 1. The molecule has 3 aromatic rings. The molecule has 3 heterocycles. The summed E-state index contributed by atoms with van der Waals surface area (Å²) in [5.41, 5.74) is 9.64. The Morgan fingerprint density at radius 3 is 2.81 bits per heavy atom. The normalized spacial score (nSPS) is 13.5. The van der Waals surface area contributed by atoms with Gasteiger partial charge in [0.05, 0.1) is 5.69 Å². The van der Waals surface area contributed by atoms with Gasteiger partial charge in [-0.15, -0.1) is 5.10 Å². The van der Waals surface area contributed by atoms with Crippen LogP contribution in [0.3, 0.4) is 0 Å². The van der Waals surface area contributed by atoms with Gasteiger partial charge in [-0.05, 0) is 35.7 Å². The van der Waals surface area contributed by atoms with Gasteiger partial charge in [0.15, 0.2) is 0 Å². The van der Waals surface area contributed by atoms with Crippen LogP contribution >= 0.6 is 0 Å². The zero-order chi connectivity index (χ0) is 17.9. The Morgan fingerprint density at radius 2 is 1.96 bits per heavy atom. The first-order valence-corrected chi connectivity index (χ1v) is 8.80. The van der Waals surface area contributed by atoms with Crippen LogP contribution in [0.1, 0.15) is 27.3 Å². The molecule has 1 amide bonds. The van der Waals surface area contributed by atoms with E-state index in [1.54, 1.807) is 0 Å². The third kappa shape index (κ3) is 3.31. The Bertz CT molecular complexity index is 919. The minimum atomic E-state index is 0.0455. The number of hydrogen-bond acceptors (Lipinski definition) is 4. The number of carbonyl (C=O) groups is 1. The fourth-order valence-corrected chi connectivity index (χ4v) is 3.38. The van der Waals surface area contributed by atoms with E-state index in [1.807, 2.05) is 52.1 Å². The lowest BCUT2D eigenvalue weighted by molar-refractivity contribution is 0.0722. The maximum atomic E-state index is 13.0. The molecular formula is C20H21N5O. The van der Waals surface area contributed by atoms with Gasteiger partial charge in [0, 0.05) is 32.3 Å². The molecule has 0 radical (unpaired) electrons. The Morgan fingerprint density at radius 1 is 1.12 bits per heavy atom. The molecule has 1 aromatic carbocycles. The number of hydrogen-bond donors (Lipinski definition) is 1. The van der Waals surface area contributed by atoms with E-state index in [-0.39, 0.29) is 5.91 Å². The van der Waals surface area contributed by atoms with Gasteiger partial charge in [-0.3, -0.25) is 4.79 Å². The van der Waals surface area contributed by atoms with E-state index < -0.39 is 0 Å². The standard InChI is InChI=1S/C20H21N5O/c21-19-13-16-14-25(12-9-17(16)22-23-19)20(26)18-7-4-10-24(18)11-8-15-5-2-1-3-6-15/h1-7,10,13H,8-9,11-12,14H2,(H2,21,23). The van der Waals surface area contributed by atoms with Crippen molar-refractivity contribution in [2.75, 3.05) is 12.3 Å². The van der Waals surface area contributed by atoms with E-state index in [4.69, 9.17) is 5.73 Å². The molecular weight excluding hydrogens is 326 g/mol. The van der Waals surface area contributed by atoms with Gasteiger partial charge in [-0.25, -0.2) is 0 Å². The number of amides is 1. The molecule has 0 aliphatic carbocycles. The molecule has 0 atom stereocenters. The fourth-order valence-electron chi connectivity index (χ4n) is 3.38. The number of fused-ring (bicyclic) bond motifs is 1. The largest absolute Gasteiger partial charge is 0.382 e. The lowest BCUT2D eigenvalue weighted by Gasteiger charge is -2.28. The van der Waals surface area contributed by atoms with Gasteiger partial charge >= 0.3 is 0 Å². The highest BCUT2D eigenvalue weighted by Gasteiger charge is 2.24. The summed E-state index contributed by atoms with van der Waals surface area (Å²) in [6.07, 6.45) is 3.57. The molecule has 132 valence electrons. The minimum absolute atomic E-state index is 0.0455. The summed E-state index contributed by atoms with van der Waals surface area (Å²) >= 11 is 0. The Hall–Kier alpha value is -3.15. The highest BCUT2D eigenvalue weighted by molar-refractivity contribution is 5.93. The van der Waals surface area contributed by atoms with E-state index in [1.165, 1.54) is 5.56 Å². The van der Waals surface area contributed by atoms with Crippen LogP contribution in [0, 0.1) is 0 Å². The zero-order valence-corrected chi connectivity index (χ0v) is 14.5. The lowest BCUT2D eigenvalue weighted by Crippen LogP contribution is -2.37. The van der Waals surface area contributed by atoms with Crippen LogP contribution in [0.2, 0.25) is 0 Å². The van der Waals surface area contributed by atoms with Crippen molar-refractivity contribution in [3.63, 3.8) is 0 Å². The molecule has 2 N–H and O–H groups in total. The summed E-state index contributed by atoms with van der Waals surface area (Å²) < 4.78 is 2.03. The summed E-state index contributed by atoms with van der Waals surface area (Å²) in [7, 11) is 0. The van der Waals surface area contributed by atoms with Crippen LogP contribution in [0.4, 0.5) is 5.82 Å². The number of nitrogens with two attached hydrogens (primary N) is 1. The molecule has 6 nitrogen and oxygen atoms in total. The summed E-state index contributed by atoms with van der Waals surface area (Å²) in [4.78, 5) is 14.9. The van der Waals surface area contributed by atoms with Crippen molar-refractivity contribution in [2.24, 2.45) is 0 Å². The second-order valence-electron chi connectivity index (χ2n) is 6.54. The maximum Gasteiger partial charge on any atom is 0.270 e. The summed E-state index contributed by atoms with van der Waals surface area (Å²) in [5.74, 6) is 0.438. The summed E-state index contributed by atoms with van der Waals surface area (Å²) in [6.45, 7) is 1.95. The number of rotatable bonds is 4. The number of nitrogen functional groups attached to an aromatic ring is 1. The fraction of sp³-hybridized carbons (Fsp3) is 0.250. The van der Waals surface area contributed by atoms with E-state index >= 15 is 0 Å². The van der Waals surface area contributed by atoms with Crippen LogP contribution < -0.4 is 5.73 Å². The molecule has 6 heteroatoms. The van der Waals surface area contributed by atoms with Crippen molar-refractivity contribution in [3.05, 3.63) is 77.2 Å². The number of benzene rings is 1. The maximum absolute atomic E-state index is 13.0. The first kappa shape index (κ1) is 16.3. The van der Waals surface area contributed by atoms with Crippen molar-refractivity contribution in [1.82, 2.24) is 19.7 Å². The highest BCUT2D eigenvalue weighted by atomic mass is 16.2. The van der Waals surface area contributed by atoms with Crippen LogP contribution in [0.5, 0.6) is 0 Å². The quantitative estimate of drug-likeness (QED) is 0.786. The second kappa shape index (κ2) is 7.00. The predicted octanol–water partition coefficient (Wildman–Crippen LogP) is 2.30. The Labute approximate surface area is 152 Å². The van der Waals surface area contributed by atoms with Crippen molar-refractivity contribution < 1.29 is 4.79 Å². The van der Waals surface area contributed by atoms with Crippen LogP contribution in [0.25, 0.3) is 0 Å². The molecule has 0 fully saturated rings. The van der Waals surface area contributed by atoms with Crippen molar-refractivity contribution >= 4 is 11.7 Å². The van der Waals surface area contributed by atoms with Gasteiger partial charge in [0.25, 0.3) is 5.91 Å². The number of aromatic nitrogens is 3. The molecule has 4 rings (SSSR count). The minimum Gasteiger partial charge on any atom is -0.382 e. The first-order valence-electron chi connectivity index (χ1n) is 8.80. The van der Waals surface area contributed by atoms with Gasteiger partial charge in [-0.2, -0.15) is 5.10 Å². The third-order valence-corrected chi connectivity index (χ3v) is 4.78. The molecule has 2 aromatic heterocycles. The second-order valence-corrected chi connectivity index (χ2v) is 6.54. The zero-order valence-electron chi connectivity index (χ0n) is 14.5. The average Bonchev–Trinajstić information content (AvgIpc) is 3.14. The topological polar surface area (TPSA) is 77.0 Å². The predicted molar refractivity (Wildman–Crippen MR) is 99.5 cm³/mol. The van der Waals surface area contributed by atoms with Crippen molar-refractivity contribution in [3.8, 4) is 0 Å². The van der Waals surface area contributed by atoms with E-state index in [9.17, 15) is 4.79 Å². The van der Waals surface area contributed by atoms with E-state index in [0.29, 0.717) is 25.3 Å². The van der Waals surface area contributed by atoms with Gasteiger partial charge < -0.3 is 15.2 Å². The molecule has 0 bridgehead atoms. The van der Waals surface area contributed by atoms with E-state index in [0.717, 1.165) is 29.9 Å². The van der Waals surface area contributed by atoms with Gasteiger partial charge in [0.2, 0.25) is 0 Å².